The molecule has 16 bridgehead atoms. The van der Waals surface area contributed by atoms with Crippen LogP contribution in [0.15, 0.2) is 48.7 Å². The van der Waals surface area contributed by atoms with E-state index < -0.39 is 299 Å². The number of carbonyl (C=O) groups is 2. The molecule has 114 heavy (non-hydrogen) atoms. The number of anilines is 1. The van der Waals surface area contributed by atoms with Gasteiger partial charge < -0.3 is 208 Å². The normalized spacial score (nSPS) is 46.4. The number of imide groups is 1. The number of aliphatic hydroxyl groups is 24. The second-order valence-electron chi connectivity index (χ2n) is 28.1. The molecule has 2 amide bonds. The third-order valence-corrected chi connectivity index (χ3v) is 21.7. The molecule has 31 fully saturated rings. The topological polar surface area (TPSA) is 705 Å². The number of pyridine rings is 1. The Balaban J connectivity index is 0.000000447. The van der Waals surface area contributed by atoms with Crippen molar-refractivity contribution in [1.29, 1.82) is 0 Å². The summed E-state index contributed by atoms with van der Waals surface area (Å²) in [5.41, 5.74) is 1.00. The van der Waals surface area contributed by atoms with E-state index in [2.05, 4.69) is 10.3 Å². The van der Waals surface area contributed by atoms with Gasteiger partial charge >= 0.3 is 0 Å². The standard InChI is InChI=1S/C48H80O40.C18H19N3O3S.ClH/c49-1-9-33-17(57)25(65)41(73-9)82-34-10(2-50)75-43(27(67)19(34)59)84-36-12(4-52)77-45(29(69)21(36)61)86-38-14(6-54)79-47(31(71)23(38)63)88-40-16(8-56)80-48(32(72)24(40)64)87-39-15(7-55)78-46(30(70)22(39)62)85-37-13(5-53)76-44(28(68)20(37)60)83-35-11(3-51)74-42(81-33)26(66)18(35)58;1-21(16-4-2-3-9-19-16)10-11-24-14-7-5-13(6-8-14)12-15-17(22)20-18(23)25-15;/h9-72H,1-8H2;2-9,15H,10-12H2,1H3,(H,20,22,23);1H/t9-,10-,11-,12-,13-,14+,15+,16+,17-,18+,19+,20+,21-,22-,23-,24+,25-,26+,27-,28+,29-,30-,31-,32+,33-,34-,35-,36-,37-,38-,39-,40-,41-,42-,43-,44-,45-,46-,47-,48-;;/m1../s1. The summed E-state index contributed by atoms with van der Waals surface area (Å²) in [6.07, 6.45) is -79.7. The van der Waals surface area contributed by atoms with Crippen molar-refractivity contribution in [3.8, 4) is 5.75 Å². The SMILES string of the molecule is CN(CCOc1ccc(CC2SC(=O)NC2=O)cc1)c1ccccn1.Cl.OC[C@@H]1O[C@@H]2O[C@H]3[C@@H](O)[C@H](O)[C@@H](O[C@H]4[C@@H](O)[C@H](O)[C@@H](O[C@H]5[C@H](O)[C@@H](O)[C@@H](O[C@H]6[C@@H](O)[C@@H](O)[C@@H](O[C@H]7[C@H](O)[C@@H](O)[C@@H](O[C@H]8[C@H](O)[C@@H](O)[C@@H](O[C@H]9[C@@H](O)[C@H](O)[C@@H](O[C@H]1[C@H](O)[C@H]2O)O[C@H]9CO)O[C@H]8CO)O[C@@H]7CO)O[C@@H]6CO)O[C@@H]5CO)O[C@@H]4CO)O[C@@H]3CO. The predicted molar refractivity (Wildman–Crippen MR) is 366 cm³/mol. The molecule has 25 N–H and O–H groups in total. The number of benzene rings is 1. The average Bonchev–Trinajstić information content (AvgIpc) is 1.04. The highest BCUT2D eigenvalue weighted by Crippen LogP contribution is 2.40. The Morgan fingerprint density at radius 1 is 0.360 bits per heavy atom. The summed E-state index contributed by atoms with van der Waals surface area (Å²) in [5, 5.41) is 267. The van der Waals surface area contributed by atoms with Crippen molar-refractivity contribution < 1.29 is 213 Å². The Morgan fingerprint density at radius 2 is 0.605 bits per heavy atom. The lowest BCUT2D eigenvalue weighted by atomic mass is 9.94. The van der Waals surface area contributed by atoms with Gasteiger partial charge in [-0.15, -0.1) is 12.4 Å². The second kappa shape index (κ2) is 41.1. The Labute approximate surface area is 657 Å². The smallest absolute Gasteiger partial charge is 0.286 e. The number of carbonyl (C=O) groups excluding carboxylic acids is 2. The molecule has 48 heteroatoms. The van der Waals surface area contributed by atoms with Gasteiger partial charge in [-0.3, -0.25) is 14.9 Å². The molecule has 0 aliphatic carbocycles. The van der Waals surface area contributed by atoms with Gasteiger partial charge in [0.15, 0.2) is 50.3 Å². The molecule has 31 aliphatic rings. The number of ether oxygens (including phenoxy) is 17. The van der Waals surface area contributed by atoms with Crippen molar-refractivity contribution in [3.05, 3.63) is 54.2 Å². The molecule has 2 aromatic rings. The highest BCUT2D eigenvalue weighted by Gasteiger charge is 2.61. The van der Waals surface area contributed by atoms with Crippen LogP contribution in [0.4, 0.5) is 10.6 Å². The van der Waals surface area contributed by atoms with Gasteiger partial charge in [-0.1, -0.05) is 30.0 Å². The van der Waals surface area contributed by atoms with E-state index in [1.54, 1.807) is 6.20 Å². The van der Waals surface area contributed by atoms with E-state index in [9.17, 15) is 132 Å². The van der Waals surface area contributed by atoms with E-state index in [1.807, 2.05) is 54.4 Å². The van der Waals surface area contributed by atoms with Gasteiger partial charge in [-0.05, 0) is 36.2 Å². The zero-order valence-electron chi connectivity index (χ0n) is 60.3. The maximum atomic E-state index is 11.6. The molecular formula is C66H100ClN3O43S. The van der Waals surface area contributed by atoms with E-state index in [-0.39, 0.29) is 28.8 Å². The van der Waals surface area contributed by atoms with E-state index in [1.165, 1.54) is 0 Å². The number of hydrogen-bond acceptors (Lipinski definition) is 46. The van der Waals surface area contributed by atoms with Crippen LogP contribution in [0.25, 0.3) is 0 Å². The molecule has 1 aromatic heterocycles. The maximum absolute atomic E-state index is 11.6. The molecule has 0 radical (unpaired) electrons. The third-order valence-electron chi connectivity index (χ3n) is 20.7. The summed E-state index contributed by atoms with van der Waals surface area (Å²) in [6.45, 7) is -7.37. The summed E-state index contributed by atoms with van der Waals surface area (Å²) in [4.78, 5) is 29.1. The van der Waals surface area contributed by atoms with Crippen molar-refractivity contribution in [2.45, 2.75) is 257 Å². The highest BCUT2D eigenvalue weighted by molar-refractivity contribution is 8.15. The third kappa shape index (κ3) is 20.2. The molecule has 33 rings (SSSR count). The first kappa shape index (κ1) is 92.4. The first-order chi connectivity index (χ1) is 54.0. The molecule has 1 aromatic carbocycles. The Kier molecular flexibility index (Phi) is 33.4. The van der Waals surface area contributed by atoms with Gasteiger partial charge in [-0.2, -0.15) is 0 Å². The number of thioether (sulfide) groups is 1. The molecule has 31 aliphatic heterocycles. The Hall–Kier alpha value is -3.85. The van der Waals surface area contributed by atoms with Gasteiger partial charge in [0.1, 0.15) is 214 Å². The van der Waals surface area contributed by atoms with Crippen LogP contribution in [-0.2, 0) is 87.0 Å². The van der Waals surface area contributed by atoms with E-state index in [0.717, 1.165) is 35.4 Å². The van der Waals surface area contributed by atoms with Gasteiger partial charge in [0.25, 0.3) is 5.24 Å². The van der Waals surface area contributed by atoms with Crippen molar-refractivity contribution in [2.75, 3.05) is 78.0 Å². The number of amides is 2. The number of rotatable bonds is 15. The number of likely N-dealkylation sites (N-methyl/N-ethyl adjacent to an activating group) is 1. The summed E-state index contributed by atoms with van der Waals surface area (Å²) < 4.78 is 96.8. The monoisotopic (exact) mass is 1690 g/mol. The minimum absolute atomic E-state index is 0. The number of aliphatic hydroxyl groups excluding tert-OH is 24. The highest BCUT2D eigenvalue weighted by atomic mass is 35.5. The first-order valence-corrected chi connectivity index (χ1v) is 37.0. The van der Waals surface area contributed by atoms with Crippen LogP contribution in [-0.4, -0.2) is 463 Å². The molecule has 41 atom stereocenters. The number of hydrogen-bond donors (Lipinski definition) is 25. The minimum Gasteiger partial charge on any atom is -0.492 e. The largest absolute Gasteiger partial charge is 0.492 e. The van der Waals surface area contributed by atoms with Gasteiger partial charge in [0.05, 0.1) is 64.6 Å². The van der Waals surface area contributed by atoms with Crippen LogP contribution in [0, 0.1) is 0 Å². The van der Waals surface area contributed by atoms with E-state index in [0.29, 0.717) is 13.0 Å². The minimum atomic E-state index is -2.25. The van der Waals surface area contributed by atoms with Crippen LogP contribution >= 0.6 is 24.2 Å². The first-order valence-electron chi connectivity index (χ1n) is 36.1. The zero-order chi connectivity index (χ0) is 81.7. The summed E-state index contributed by atoms with van der Waals surface area (Å²) >= 11 is 1.05. The van der Waals surface area contributed by atoms with Crippen LogP contribution in [0.5, 0.6) is 5.75 Å². The molecule has 0 saturated carbocycles. The van der Waals surface area contributed by atoms with Crippen molar-refractivity contribution in [3.63, 3.8) is 0 Å². The fourth-order valence-corrected chi connectivity index (χ4v) is 15.2. The molecule has 31 saturated heterocycles. The number of halogens is 1. The number of aromatic nitrogens is 1. The Bertz CT molecular complexity index is 2840. The molecule has 0 spiro atoms. The summed E-state index contributed by atoms with van der Waals surface area (Å²) in [7, 11) is 1.97. The lowest BCUT2D eigenvalue weighted by Gasteiger charge is -2.50. The van der Waals surface area contributed by atoms with Crippen LogP contribution in [0.2, 0.25) is 0 Å². The van der Waals surface area contributed by atoms with E-state index >= 15 is 0 Å². The fraction of sp³-hybridized carbons (Fsp3) is 0.803. The van der Waals surface area contributed by atoms with Crippen molar-refractivity contribution >= 4 is 41.1 Å². The zero-order valence-corrected chi connectivity index (χ0v) is 61.9. The van der Waals surface area contributed by atoms with Crippen molar-refractivity contribution in [2.24, 2.45) is 0 Å². The van der Waals surface area contributed by atoms with E-state index in [4.69, 9.17) is 80.5 Å². The molecular weight excluding hydrogens is 1590 g/mol. The Morgan fingerprint density at radius 3 is 0.807 bits per heavy atom. The molecule has 46 nitrogen and oxygen atoms in total. The van der Waals surface area contributed by atoms with Gasteiger partial charge in [-0.25, -0.2) is 4.98 Å². The van der Waals surface area contributed by atoms with Gasteiger partial charge in [0.2, 0.25) is 5.91 Å². The van der Waals surface area contributed by atoms with Gasteiger partial charge in [0, 0.05) is 13.2 Å². The van der Waals surface area contributed by atoms with Crippen LogP contribution in [0.3, 0.4) is 0 Å². The fourth-order valence-electron chi connectivity index (χ4n) is 14.4. The summed E-state index contributed by atoms with van der Waals surface area (Å²) in [6, 6.07) is 13.4. The summed E-state index contributed by atoms with van der Waals surface area (Å²) in [5.74, 6) is 1.47. The predicted octanol–water partition coefficient (Wildman–Crippen LogP) is -14.5. The maximum Gasteiger partial charge on any atom is 0.286 e. The van der Waals surface area contributed by atoms with Crippen LogP contribution < -0.4 is 15.0 Å². The molecule has 32 heterocycles. The molecule has 650 valence electrons. The molecule has 1 unspecified atom stereocenters. The lowest BCUT2D eigenvalue weighted by molar-refractivity contribution is -0.404. The average molecular weight is 1690 g/mol. The quantitative estimate of drug-likeness (QED) is 0.0787. The number of nitrogens with one attached hydrogen (secondary N) is 1. The van der Waals surface area contributed by atoms with Crippen LogP contribution in [0.1, 0.15) is 5.56 Å². The van der Waals surface area contributed by atoms with Crippen molar-refractivity contribution in [1.82, 2.24) is 10.3 Å². The second-order valence-corrected chi connectivity index (χ2v) is 29.3. The number of nitrogens with zero attached hydrogens (tertiary/aromatic N) is 2. The lowest BCUT2D eigenvalue weighted by Crippen LogP contribution is -2.69.